The van der Waals surface area contributed by atoms with Crippen molar-refractivity contribution in [3.05, 3.63) is 36.4 Å². The van der Waals surface area contributed by atoms with E-state index < -0.39 is 0 Å². The van der Waals surface area contributed by atoms with Crippen molar-refractivity contribution in [1.82, 2.24) is 19.7 Å². The summed E-state index contributed by atoms with van der Waals surface area (Å²) >= 11 is 0. The molecule has 2 atom stereocenters. The zero-order valence-corrected chi connectivity index (χ0v) is 14.3. The van der Waals surface area contributed by atoms with Gasteiger partial charge in [0.2, 0.25) is 5.91 Å². The zero-order chi connectivity index (χ0) is 17.2. The van der Waals surface area contributed by atoms with Crippen LogP contribution in [0.3, 0.4) is 0 Å². The van der Waals surface area contributed by atoms with Crippen LogP contribution in [-0.4, -0.2) is 52.4 Å². The molecule has 3 heterocycles. The molecule has 2 aliphatic heterocycles. The molecule has 0 saturated carbocycles. The standard InChI is InChI=1S/C18H22N4O3/c1-24-16-6-2-4-13-8-14(10-25-17(13)16)18(23)21-7-3-5-15(9-21)22-12-19-11-20-22/h2,4,6,11-12,14-15H,3,5,7-10H2,1H3/t14-,15+/m0/s1. The van der Waals surface area contributed by atoms with Gasteiger partial charge in [-0.15, -0.1) is 0 Å². The Kier molecular flexibility index (Phi) is 4.29. The first-order valence-electron chi connectivity index (χ1n) is 8.68. The Bertz CT molecular complexity index is 747. The maximum Gasteiger partial charge on any atom is 0.229 e. The Labute approximate surface area is 146 Å². The normalized spacial score (nSPS) is 22.8. The Morgan fingerprint density at radius 2 is 2.32 bits per heavy atom. The van der Waals surface area contributed by atoms with Gasteiger partial charge in [0.05, 0.1) is 19.1 Å². The first-order chi connectivity index (χ1) is 12.3. The van der Waals surface area contributed by atoms with Crippen molar-refractivity contribution in [2.75, 3.05) is 26.8 Å². The minimum absolute atomic E-state index is 0.144. The Balaban J connectivity index is 1.46. The summed E-state index contributed by atoms with van der Waals surface area (Å²) in [6.07, 6.45) is 5.96. The summed E-state index contributed by atoms with van der Waals surface area (Å²) in [4.78, 5) is 19.0. The highest BCUT2D eigenvalue weighted by Crippen LogP contribution is 2.36. The van der Waals surface area contributed by atoms with Crippen LogP contribution in [0.25, 0.3) is 0 Å². The summed E-state index contributed by atoms with van der Waals surface area (Å²) in [7, 11) is 1.63. The minimum atomic E-state index is -0.144. The van der Waals surface area contributed by atoms with Crippen LogP contribution in [0.4, 0.5) is 0 Å². The number of fused-ring (bicyclic) bond motifs is 1. The molecule has 1 aromatic heterocycles. The maximum atomic E-state index is 13.0. The van der Waals surface area contributed by atoms with E-state index in [-0.39, 0.29) is 17.9 Å². The second-order valence-corrected chi connectivity index (χ2v) is 6.62. The fourth-order valence-corrected chi connectivity index (χ4v) is 3.75. The molecular formula is C18H22N4O3. The van der Waals surface area contributed by atoms with E-state index in [1.807, 2.05) is 27.8 Å². The number of amides is 1. The van der Waals surface area contributed by atoms with Gasteiger partial charge in [-0.05, 0) is 30.9 Å². The van der Waals surface area contributed by atoms with Gasteiger partial charge in [-0.1, -0.05) is 12.1 Å². The average molecular weight is 342 g/mol. The van der Waals surface area contributed by atoms with Gasteiger partial charge in [0, 0.05) is 13.1 Å². The molecule has 0 radical (unpaired) electrons. The molecule has 0 aliphatic carbocycles. The average Bonchev–Trinajstić information content (AvgIpc) is 3.21. The maximum absolute atomic E-state index is 13.0. The van der Waals surface area contributed by atoms with E-state index in [1.54, 1.807) is 19.8 Å². The predicted octanol–water partition coefficient (Wildman–Crippen LogP) is 1.70. The van der Waals surface area contributed by atoms with Crippen molar-refractivity contribution in [2.24, 2.45) is 5.92 Å². The van der Waals surface area contributed by atoms with Crippen LogP contribution in [0.1, 0.15) is 24.4 Å². The van der Waals surface area contributed by atoms with Crippen LogP contribution in [0.2, 0.25) is 0 Å². The minimum Gasteiger partial charge on any atom is -0.493 e. The van der Waals surface area contributed by atoms with E-state index in [0.29, 0.717) is 19.6 Å². The molecule has 1 amide bonds. The van der Waals surface area contributed by atoms with Crippen LogP contribution in [0.15, 0.2) is 30.9 Å². The lowest BCUT2D eigenvalue weighted by Crippen LogP contribution is -2.46. The molecule has 1 fully saturated rings. The van der Waals surface area contributed by atoms with Gasteiger partial charge in [0.25, 0.3) is 0 Å². The van der Waals surface area contributed by atoms with Gasteiger partial charge in [-0.25, -0.2) is 9.67 Å². The summed E-state index contributed by atoms with van der Waals surface area (Å²) in [5, 5.41) is 4.22. The number of carbonyl (C=O) groups excluding carboxylic acids is 1. The monoisotopic (exact) mass is 342 g/mol. The molecule has 0 bridgehead atoms. The number of nitrogens with zero attached hydrogens (tertiary/aromatic N) is 4. The van der Waals surface area contributed by atoms with Crippen LogP contribution in [0, 0.1) is 5.92 Å². The lowest BCUT2D eigenvalue weighted by Gasteiger charge is -2.36. The number of hydrogen-bond acceptors (Lipinski definition) is 5. The topological polar surface area (TPSA) is 69.5 Å². The summed E-state index contributed by atoms with van der Waals surface area (Å²) in [5.41, 5.74) is 1.04. The van der Waals surface area contributed by atoms with Crippen molar-refractivity contribution in [3.8, 4) is 11.5 Å². The van der Waals surface area contributed by atoms with E-state index in [0.717, 1.165) is 36.4 Å². The number of ether oxygens (including phenoxy) is 2. The molecule has 1 aromatic carbocycles. The second-order valence-electron chi connectivity index (χ2n) is 6.62. The predicted molar refractivity (Wildman–Crippen MR) is 90.6 cm³/mol. The molecule has 7 nitrogen and oxygen atoms in total. The molecule has 0 spiro atoms. The van der Waals surface area contributed by atoms with Crippen molar-refractivity contribution < 1.29 is 14.3 Å². The van der Waals surface area contributed by atoms with E-state index in [4.69, 9.17) is 9.47 Å². The highest BCUT2D eigenvalue weighted by Gasteiger charge is 2.33. The van der Waals surface area contributed by atoms with Crippen molar-refractivity contribution in [2.45, 2.75) is 25.3 Å². The molecule has 132 valence electrons. The molecule has 0 unspecified atom stereocenters. The molecular weight excluding hydrogens is 320 g/mol. The third kappa shape index (κ3) is 3.06. The molecule has 4 rings (SSSR count). The number of likely N-dealkylation sites (tertiary alicyclic amines) is 1. The van der Waals surface area contributed by atoms with Gasteiger partial charge < -0.3 is 14.4 Å². The third-order valence-electron chi connectivity index (χ3n) is 5.04. The highest BCUT2D eigenvalue weighted by atomic mass is 16.5. The summed E-state index contributed by atoms with van der Waals surface area (Å²) in [5.74, 6) is 1.52. The van der Waals surface area contributed by atoms with E-state index in [2.05, 4.69) is 10.1 Å². The summed E-state index contributed by atoms with van der Waals surface area (Å²) in [6, 6.07) is 6.03. The smallest absolute Gasteiger partial charge is 0.229 e. The van der Waals surface area contributed by atoms with Crippen LogP contribution < -0.4 is 9.47 Å². The number of methoxy groups -OCH3 is 1. The van der Waals surface area contributed by atoms with Gasteiger partial charge in [0.15, 0.2) is 11.5 Å². The van der Waals surface area contributed by atoms with Crippen LogP contribution in [0.5, 0.6) is 11.5 Å². The summed E-state index contributed by atoms with van der Waals surface area (Å²) in [6.45, 7) is 1.88. The SMILES string of the molecule is COc1cccc2c1OC[C@@H](C(=O)N1CCC[C@@H](n3cncn3)C1)C2. The first kappa shape index (κ1) is 15.9. The Morgan fingerprint density at radius 3 is 3.12 bits per heavy atom. The van der Waals surface area contributed by atoms with E-state index in [9.17, 15) is 4.79 Å². The van der Waals surface area contributed by atoms with Crippen molar-refractivity contribution in [1.29, 1.82) is 0 Å². The molecule has 7 heteroatoms. The van der Waals surface area contributed by atoms with E-state index >= 15 is 0 Å². The molecule has 2 aromatic rings. The molecule has 1 saturated heterocycles. The highest BCUT2D eigenvalue weighted by molar-refractivity contribution is 5.80. The lowest BCUT2D eigenvalue weighted by molar-refractivity contribution is -0.138. The molecule has 25 heavy (non-hydrogen) atoms. The van der Waals surface area contributed by atoms with Gasteiger partial charge in [0.1, 0.15) is 19.3 Å². The van der Waals surface area contributed by atoms with Gasteiger partial charge in [-0.3, -0.25) is 4.79 Å². The lowest BCUT2D eigenvalue weighted by atomic mass is 9.94. The molecule has 0 N–H and O–H groups in total. The Hall–Kier alpha value is -2.57. The number of benzene rings is 1. The third-order valence-corrected chi connectivity index (χ3v) is 5.04. The number of hydrogen-bond donors (Lipinski definition) is 0. The largest absolute Gasteiger partial charge is 0.493 e. The van der Waals surface area contributed by atoms with Crippen molar-refractivity contribution in [3.63, 3.8) is 0 Å². The zero-order valence-electron chi connectivity index (χ0n) is 14.3. The fourth-order valence-electron chi connectivity index (χ4n) is 3.75. The second kappa shape index (κ2) is 6.74. The van der Waals surface area contributed by atoms with E-state index in [1.165, 1.54) is 0 Å². The number of para-hydroxylation sites is 1. The molecule has 2 aliphatic rings. The van der Waals surface area contributed by atoms with Crippen LogP contribution >= 0.6 is 0 Å². The Morgan fingerprint density at radius 1 is 1.40 bits per heavy atom. The van der Waals surface area contributed by atoms with Crippen LogP contribution in [-0.2, 0) is 11.2 Å². The number of piperidine rings is 1. The number of carbonyl (C=O) groups is 1. The van der Waals surface area contributed by atoms with Gasteiger partial charge >= 0.3 is 0 Å². The fraction of sp³-hybridized carbons (Fsp3) is 0.500. The number of aromatic nitrogens is 3. The summed E-state index contributed by atoms with van der Waals surface area (Å²) < 4.78 is 13.1. The van der Waals surface area contributed by atoms with Crippen molar-refractivity contribution >= 4 is 5.91 Å². The van der Waals surface area contributed by atoms with Gasteiger partial charge in [-0.2, -0.15) is 5.10 Å². The first-order valence-corrected chi connectivity index (χ1v) is 8.68. The number of rotatable bonds is 3. The quantitative estimate of drug-likeness (QED) is 0.849.